The molecule has 2 rings (SSSR count). The summed E-state index contributed by atoms with van der Waals surface area (Å²) < 4.78 is 2.10. The molecule has 0 unspecified atom stereocenters. The molecule has 0 saturated heterocycles. The molecular weight excluding hydrogens is 254 g/mol. The molecule has 3 heteroatoms. The fraction of sp³-hybridized carbons (Fsp3) is 0.312. The lowest BCUT2D eigenvalue weighted by molar-refractivity contribution is 0.0981. The van der Waals surface area contributed by atoms with Crippen molar-refractivity contribution in [3.8, 4) is 0 Å². The van der Waals surface area contributed by atoms with E-state index in [1.165, 1.54) is 4.90 Å². The number of carbonyl (C=O) groups is 1. The second-order valence-electron chi connectivity index (χ2n) is 4.47. The van der Waals surface area contributed by atoms with Gasteiger partial charge >= 0.3 is 0 Å². The Morgan fingerprint density at radius 2 is 2.00 bits per heavy atom. The highest BCUT2D eigenvalue weighted by molar-refractivity contribution is 7.99. The average Bonchev–Trinajstić information content (AvgIpc) is 2.89. The summed E-state index contributed by atoms with van der Waals surface area (Å²) in [5, 5.41) is 0. The zero-order chi connectivity index (χ0) is 13.5. The van der Waals surface area contributed by atoms with Gasteiger partial charge in [-0.2, -0.15) is 0 Å². The van der Waals surface area contributed by atoms with Gasteiger partial charge in [-0.15, -0.1) is 11.8 Å². The topological polar surface area (TPSA) is 22.0 Å². The van der Waals surface area contributed by atoms with Crippen LogP contribution in [0.5, 0.6) is 0 Å². The Balaban J connectivity index is 1.82. The van der Waals surface area contributed by atoms with E-state index >= 15 is 0 Å². The molecule has 0 saturated carbocycles. The maximum Gasteiger partial charge on any atom is 0.164 e. The molecule has 0 fully saturated rings. The third kappa shape index (κ3) is 4.28. The van der Waals surface area contributed by atoms with Gasteiger partial charge in [0.15, 0.2) is 5.78 Å². The Morgan fingerprint density at radius 3 is 2.74 bits per heavy atom. The van der Waals surface area contributed by atoms with Crippen LogP contribution in [0.1, 0.15) is 30.1 Å². The molecule has 1 aromatic carbocycles. The summed E-state index contributed by atoms with van der Waals surface area (Å²) in [6, 6.07) is 12.3. The highest BCUT2D eigenvalue weighted by Crippen LogP contribution is 2.17. The second kappa shape index (κ2) is 7.19. The number of Topliss-reactive ketones (excluding diaryl/α,β-unsaturated/α-hetero) is 1. The maximum absolute atomic E-state index is 11.7. The van der Waals surface area contributed by atoms with Crippen molar-refractivity contribution in [2.24, 2.45) is 0 Å². The fourth-order valence-corrected chi connectivity index (χ4v) is 2.79. The van der Waals surface area contributed by atoms with Gasteiger partial charge in [0.05, 0.1) is 0 Å². The molecule has 1 heterocycles. The molecule has 1 aromatic heterocycles. The van der Waals surface area contributed by atoms with Gasteiger partial charge in [-0.1, -0.05) is 25.1 Å². The van der Waals surface area contributed by atoms with Crippen molar-refractivity contribution in [3.63, 3.8) is 0 Å². The van der Waals surface area contributed by atoms with Gasteiger partial charge in [-0.3, -0.25) is 4.79 Å². The zero-order valence-electron chi connectivity index (χ0n) is 11.2. The average molecular weight is 273 g/mol. The third-order valence-electron chi connectivity index (χ3n) is 2.91. The molecule has 2 aromatic rings. The minimum atomic E-state index is 0.247. The number of carbonyl (C=O) groups excluding carboxylic acids is 1. The smallest absolute Gasteiger partial charge is 0.164 e. The van der Waals surface area contributed by atoms with Gasteiger partial charge in [-0.25, -0.2) is 0 Å². The number of hydrogen-bond acceptors (Lipinski definition) is 2. The number of nitrogens with zero attached hydrogens (tertiary/aromatic N) is 1. The molecule has 0 aliphatic carbocycles. The highest BCUT2D eigenvalue weighted by atomic mass is 32.2. The van der Waals surface area contributed by atoms with E-state index in [1.807, 2.05) is 43.2 Å². The van der Waals surface area contributed by atoms with Gasteiger partial charge in [0.25, 0.3) is 0 Å². The second-order valence-corrected chi connectivity index (χ2v) is 5.64. The van der Waals surface area contributed by atoms with Crippen molar-refractivity contribution in [2.45, 2.75) is 31.2 Å². The molecule has 0 aliphatic heterocycles. The highest BCUT2D eigenvalue weighted by Gasteiger charge is 2.06. The molecule has 0 spiro atoms. The summed E-state index contributed by atoms with van der Waals surface area (Å²) in [7, 11) is 0. The number of aryl methyl sites for hydroxylation is 1. The number of benzene rings is 1. The predicted octanol–water partition coefficient (Wildman–Crippen LogP) is 4.26. The van der Waals surface area contributed by atoms with E-state index in [0.717, 1.165) is 24.3 Å². The predicted molar refractivity (Wildman–Crippen MR) is 80.8 cm³/mol. The Hall–Kier alpha value is -1.48. The number of hydrogen-bond donors (Lipinski definition) is 0. The summed E-state index contributed by atoms with van der Waals surface area (Å²) in [6.45, 7) is 2.96. The van der Waals surface area contributed by atoms with Crippen molar-refractivity contribution in [3.05, 3.63) is 54.4 Å². The van der Waals surface area contributed by atoms with E-state index in [0.29, 0.717) is 6.42 Å². The molecule has 0 radical (unpaired) electrons. The SMILES string of the molecule is CCCC(=O)c1ccn(CCSc2ccccc2)c1. The first-order valence-corrected chi connectivity index (χ1v) is 7.65. The van der Waals surface area contributed by atoms with Gasteiger partial charge < -0.3 is 4.57 Å². The number of rotatable bonds is 7. The van der Waals surface area contributed by atoms with Crippen LogP contribution in [0.4, 0.5) is 0 Å². The lowest BCUT2D eigenvalue weighted by atomic mass is 10.1. The zero-order valence-corrected chi connectivity index (χ0v) is 12.0. The Labute approximate surface area is 118 Å². The van der Waals surface area contributed by atoms with E-state index in [4.69, 9.17) is 0 Å². The number of thioether (sulfide) groups is 1. The largest absolute Gasteiger partial charge is 0.353 e. The summed E-state index contributed by atoms with van der Waals surface area (Å²) >= 11 is 1.84. The van der Waals surface area contributed by atoms with Gasteiger partial charge in [0, 0.05) is 41.6 Å². The lowest BCUT2D eigenvalue weighted by Crippen LogP contribution is -1.99. The molecule has 0 amide bonds. The monoisotopic (exact) mass is 273 g/mol. The minimum absolute atomic E-state index is 0.247. The quantitative estimate of drug-likeness (QED) is 0.555. The number of aromatic nitrogens is 1. The summed E-state index contributed by atoms with van der Waals surface area (Å²) in [5.41, 5.74) is 0.839. The van der Waals surface area contributed by atoms with Crippen LogP contribution in [-0.2, 0) is 6.54 Å². The molecular formula is C16H19NOS. The van der Waals surface area contributed by atoms with E-state index in [1.54, 1.807) is 0 Å². The fourth-order valence-electron chi connectivity index (χ4n) is 1.90. The van der Waals surface area contributed by atoms with Crippen LogP contribution >= 0.6 is 11.8 Å². The van der Waals surface area contributed by atoms with Gasteiger partial charge in [-0.05, 0) is 24.6 Å². The maximum atomic E-state index is 11.7. The molecule has 0 atom stereocenters. The van der Waals surface area contributed by atoms with E-state index in [9.17, 15) is 4.79 Å². The first-order valence-electron chi connectivity index (χ1n) is 6.66. The summed E-state index contributed by atoms with van der Waals surface area (Å²) in [5.74, 6) is 1.26. The van der Waals surface area contributed by atoms with Crippen LogP contribution in [0.2, 0.25) is 0 Å². The molecule has 19 heavy (non-hydrogen) atoms. The van der Waals surface area contributed by atoms with Crippen LogP contribution in [0.3, 0.4) is 0 Å². The molecule has 0 N–H and O–H groups in total. The molecule has 0 aliphatic rings. The van der Waals surface area contributed by atoms with Crippen molar-refractivity contribution in [1.82, 2.24) is 4.57 Å². The van der Waals surface area contributed by atoms with Crippen molar-refractivity contribution in [1.29, 1.82) is 0 Å². The lowest BCUT2D eigenvalue weighted by Gasteiger charge is -2.03. The van der Waals surface area contributed by atoms with Crippen molar-refractivity contribution >= 4 is 17.5 Å². The summed E-state index contributed by atoms with van der Waals surface area (Å²) in [6.07, 6.45) is 5.51. The van der Waals surface area contributed by atoms with E-state index < -0.39 is 0 Å². The standard InChI is InChI=1S/C16H19NOS/c1-2-6-16(18)14-9-10-17(13-14)11-12-19-15-7-4-3-5-8-15/h3-5,7-10,13H,2,6,11-12H2,1H3. The van der Waals surface area contributed by atoms with Crippen LogP contribution in [0.15, 0.2) is 53.7 Å². The van der Waals surface area contributed by atoms with Gasteiger partial charge in [0.2, 0.25) is 0 Å². The Bertz CT molecular complexity index is 519. The van der Waals surface area contributed by atoms with Crippen LogP contribution in [0, 0.1) is 0 Å². The Morgan fingerprint density at radius 1 is 1.21 bits per heavy atom. The van der Waals surface area contributed by atoms with Crippen LogP contribution < -0.4 is 0 Å². The third-order valence-corrected chi connectivity index (χ3v) is 3.90. The molecule has 0 bridgehead atoms. The van der Waals surface area contributed by atoms with Crippen LogP contribution in [0.25, 0.3) is 0 Å². The van der Waals surface area contributed by atoms with E-state index in [2.05, 4.69) is 28.8 Å². The first-order chi connectivity index (χ1) is 9.29. The van der Waals surface area contributed by atoms with E-state index in [-0.39, 0.29) is 5.78 Å². The number of ketones is 1. The molecule has 2 nitrogen and oxygen atoms in total. The summed E-state index contributed by atoms with van der Waals surface area (Å²) in [4.78, 5) is 13.0. The minimum Gasteiger partial charge on any atom is -0.353 e. The Kier molecular flexibility index (Phi) is 5.28. The normalized spacial score (nSPS) is 10.6. The molecule has 100 valence electrons. The van der Waals surface area contributed by atoms with Crippen LogP contribution in [-0.4, -0.2) is 16.1 Å². The van der Waals surface area contributed by atoms with Gasteiger partial charge in [0.1, 0.15) is 0 Å². The first kappa shape index (κ1) is 13.9. The van der Waals surface area contributed by atoms with Crippen molar-refractivity contribution < 1.29 is 4.79 Å². The van der Waals surface area contributed by atoms with Crippen molar-refractivity contribution in [2.75, 3.05) is 5.75 Å².